The second kappa shape index (κ2) is 8.14. The second-order valence-electron chi connectivity index (χ2n) is 7.41. The maximum Gasteiger partial charge on any atom is 0.227 e. The van der Waals surface area contributed by atoms with Crippen LogP contribution in [0.4, 0.5) is 11.8 Å². The Morgan fingerprint density at radius 2 is 2.07 bits per heavy atom. The maximum absolute atomic E-state index is 4.80. The third kappa shape index (κ3) is 4.27. The molecule has 3 aromatic heterocycles. The van der Waals surface area contributed by atoms with Crippen molar-refractivity contribution >= 4 is 50.2 Å². The first-order chi connectivity index (χ1) is 13.1. The highest BCUT2D eigenvalue weighted by molar-refractivity contribution is 9.11. The van der Waals surface area contributed by atoms with E-state index in [2.05, 4.69) is 61.4 Å². The fraction of sp³-hybridized carbons (Fsp3) is 0.526. The lowest BCUT2D eigenvalue weighted by molar-refractivity contribution is 0.461. The number of thiophene rings is 1. The Hall–Kier alpha value is -1.67. The van der Waals surface area contributed by atoms with Crippen LogP contribution in [0.25, 0.3) is 11.2 Å². The summed E-state index contributed by atoms with van der Waals surface area (Å²) in [4.78, 5) is 14.2. The number of fused-ring (bicyclic) bond motifs is 1. The minimum Gasteiger partial charge on any atom is -0.364 e. The molecule has 8 heteroatoms. The summed E-state index contributed by atoms with van der Waals surface area (Å²) in [6, 6.07) is 2.89. The van der Waals surface area contributed by atoms with E-state index < -0.39 is 0 Å². The van der Waals surface area contributed by atoms with Crippen molar-refractivity contribution < 1.29 is 0 Å². The Kier molecular flexibility index (Phi) is 5.63. The van der Waals surface area contributed by atoms with Crippen LogP contribution in [0.15, 0.2) is 21.6 Å². The lowest BCUT2D eigenvalue weighted by Gasteiger charge is -2.23. The van der Waals surface area contributed by atoms with Crippen molar-refractivity contribution in [3.05, 3.63) is 27.1 Å². The average Bonchev–Trinajstić information content (AvgIpc) is 3.26. The molecular formula is C19H25BrN6S. The number of anilines is 2. The van der Waals surface area contributed by atoms with E-state index in [0.29, 0.717) is 24.6 Å². The van der Waals surface area contributed by atoms with Crippen molar-refractivity contribution in [1.82, 2.24) is 19.5 Å². The van der Waals surface area contributed by atoms with E-state index in [-0.39, 0.29) is 0 Å². The molecule has 3 heterocycles. The molecule has 0 aliphatic heterocycles. The molecule has 0 aromatic carbocycles. The summed E-state index contributed by atoms with van der Waals surface area (Å²) >= 11 is 5.21. The van der Waals surface area contributed by atoms with E-state index in [1.165, 1.54) is 37.7 Å². The molecule has 0 unspecified atom stereocenters. The first-order valence-electron chi connectivity index (χ1n) is 9.58. The van der Waals surface area contributed by atoms with Gasteiger partial charge in [0.25, 0.3) is 0 Å². The summed E-state index contributed by atoms with van der Waals surface area (Å²) in [6.45, 7) is 5.01. The molecule has 1 fully saturated rings. The molecule has 0 bridgehead atoms. The molecule has 0 radical (unpaired) electrons. The molecule has 2 N–H and O–H groups in total. The smallest absolute Gasteiger partial charge is 0.227 e. The van der Waals surface area contributed by atoms with Crippen LogP contribution in [0.2, 0.25) is 0 Å². The molecule has 4 rings (SSSR count). The molecule has 0 atom stereocenters. The molecule has 27 heavy (non-hydrogen) atoms. The van der Waals surface area contributed by atoms with Crippen molar-refractivity contribution in [2.75, 3.05) is 10.6 Å². The van der Waals surface area contributed by atoms with Gasteiger partial charge in [-0.1, -0.05) is 19.3 Å². The summed E-state index contributed by atoms with van der Waals surface area (Å²) in [7, 11) is 0. The lowest BCUT2D eigenvalue weighted by atomic mass is 9.96. The monoisotopic (exact) mass is 448 g/mol. The van der Waals surface area contributed by atoms with Crippen LogP contribution in [-0.2, 0) is 6.54 Å². The van der Waals surface area contributed by atoms with Crippen LogP contribution in [0.3, 0.4) is 0 Å². The molecule has 6 nitrogen and oxygen atoms in total. The van der Waals surface area contributed by atoms with E-state index in [1.807, 2.05) is 6.33 Å². The normalized spacial score (nSPS) is 15.6. The number of hydrogen-bond acceptors (Lipinski definition) is 6. The van der Waals surface area contributed by atoms with Crippen molar-refractivity contribution in [2.45, 2.75) is 64.6 Å². The summed E-state index contributed by atoms with van der Waals surface area (Å²) < 4.78 is 3.24. The zero-order valence-electron chi connectivity index (χ0n) is 15.7. The summed E-state index contributed by atoms with van der Waals surface area (Å²) in [5.41, 5.74) is 2.93. The van der Waals surface area contributed by atoms with Gasteiger partial charge in [-0.25, -0.2) is 4.98 Å². The quantitative estimate of drug-likeness (QED) is 0.514. The minimum atomic E-state index is 0.299. The summed E-state index contributed by atoms with van der Waals surface area (Å²) in [6.07, 6.45) is 8.14. The number of halogens is 1. The lowest BCUT2D eigenvalue weighted by Crippen LogP contribution is -2.24. The Morgan fingerprint density at radius 1 is 1.26 bits per heavy atom. The Balaban J connectivity index is 1.64. The van der Waals surface area contributed by atoms with E-state index in [0.717, 1.165) is 20.8 Å². The first kappa shape index (κ1) is 18.7. The van der Waals surface area contributed by atoms with Gasteiger partial charge in [-0.15, -0.1) is 11.3 Å². The van der Waals surface area contributed by atoms with Gasteiger partial charge < -0.3 is 15.2 Å². The largest absolute Gasteiger partial charge is 0.364 e. The van der Waals surface area contributed by atoms with Gasteiger partial charge in [0, 0.05) is 18.6 Å². The van der Waals surface area contributed by atoms with Gasteiger partial charge in [0.2, 0.25) is 5.95 Å². The Bertz CT molecular complexity index is 912. The number of nitrogens with one attached hydrogen (secondary N) is 2. The van der Waals surface area contributed by atoms with Crippen LogP contribution in [-0.4, -0.2) is 25.6 Å². The predicted molar refractivity (Wildman–Crippen MR) is 116 cm³/mol. The molecule has 1 saturated carbocycles. The number of nitrogens with zero attached hydrogens (tertiary/aromatic N) is 4. The molecule has 1 aliphatic carbocycles. The molecule has 144 valence electrons. The van der Waals surface area contributed by atoms with Gasteiger partial charge in [-0.2, -0.15) is 9.97 Å². The van der Waals surface area contributed by atoms with E-state index in [4.69, 9.17) is 9.97 Å². The SMILES string of the molecule is CC(C)n1cnc2c(NCc3csc(Br)c3)nc(NC3CCCCC3)nc21. The topological polar surface area (TPSA) is 67.7 Å². The van der Waals surface area contributed by atoms with Crippen LogP contribution in [0.1, 0.15) is 57.6 Å². The zero-order chi connectivity index (χ0) is 18.8. The van der Waals surface area contributed by atoms with Crippen molar-refractivity contribution in [1.29, 1.82) is 0 Å². The van der Waals surface area contributed by atoms with Gasteiger partial charge in [0.15, 0.2) is 17.0 Å². The zero-order valence-corrected chi connectivity index (χ0v) is 18.1. The number of hydrogen-bond donors (Lipinski definition) is 2. The van der Waals surface area contributed by atoms with Crippen molar-refractivity contribution in [2.24, 2.45) is 0 Å². The number of aromatic nitrogens is 4. The Labute approximate surface area is 171 Å². The first-order valence-corrected chi connectivity index (χ1v) is 11.3. The highest BCUT2D eigenvalue weighted by Gasteiger charge is 2.18. The average molecular weight is 449 g/mol. The van der Waals surface area contributed by atoms with Crippen LogP contribution >= 0.6 is 27.3 Å². The van der Waals surface area contributed by atoms with Crippen LogP contribution in [0, 0.1) is 0 Å². The van der Waals surface area contributed by atoms with E-state index in [9.17, 15) is 0 Å². The third-order valence-corrected chi connectivity index (χ3v) is 6.55. The van der Waals surface area contributed by atoms with Crippen LogP contribution < -0.4 is 10.6 Å². The molecule has 0 spiro atoms. The summed E-state index contributed by atoms with van der Waals surface area (Å²) in [5, 5.41) is 9.17. The molecular weight excluding hydrogens is 424 g/mol. The fourth-order valence-electron chi connectivity index (χ4n) is 3.54. The molecule has 3 aromatic rings. The van der Waals surface area contributed by atoms with Gasteiger partial charge in [-0.05, 0) is 59.6 Å². The van der Waals surface area contributed by atoms with Gasteiger partial charge >= 0.3 is 0 Å². The number of rotatable bonds is 6. The number of imidazole rings is 1. The fourth-order valence-corrected chi connectivity index (χ4v) is 4.75. The van der Waals surface area contributed by atoms with Gasteiger partial charge in [-0.3, -0.25) is 0 Å². The highest BCUT2D eigenvalue weighted by Crippen LogP contribution is 2.27. The van der Waals surface area contributed by atoms with Gasteiger partial charge in [0.1, 0.15) is 0 Å². The minimum absolute atomic E-state index is 0.299. The van der Waals surface area contributed by atoms with Crippen molar-refractivity contribution in [3.63, 3.8) is 0 Å². The molecule has 0 amide bonds. The standard InChI is InChI=1S/C19H25BrN6S/c1-12(2)26-11-22-16-17(21-9-13-8-15(20)27-10-13)24-19(25-18(16)26)23-14-6-4-3-5-7-14/h8,10-12,14H,3-7,9H2,1-2H3,(H2,21,23,24,25). The van der Waals surface area contributed by atoms with E-state index >= 15 is 0 Å². The maximum atomic E-state index is 4.80. The highest BCUT2D eigenvalue weighted by atomic mass is 79.9. The van der Waals surface area contributed by atoms with Crippen LogP contribution in [0.5, 0.6) is 0 Å². The summed E-state index contributed by atoms with van der Waals surface area (Å²) in [5.74, 6) is 1.49. The van der Waals surface area contributed by atoms with Gasteiger partial charge in [0.05, 0.1) is 10.1 Å². The van der Waals surface area contributed by atoms with E-state index in [1.54, 1.807) is 11.3 Å². The van der Waals surface area contributed by atoms with Crippen molar-refractivity contribution in [3.8, 4) is 0 Å². The third-order valence-electron chi connectivity index (χ3n) is 5.00. The molecule has 1 aliphatic rings. The molecule has 0 saturated heterocycles. The predicted octanol–water partition coefficient (Wildman–Crippen LogP) is 5.59. The second-order valence-corrected chi connectivity index (χ2v) is 9.70. The Morgan fingerprint density at radius 3 is 2.78 bits per heavy atom.